The molecule has 6 N–H and O–H groups in total. The number of nitrogen functional groups attached to an aromatic ring is 1. The number of benzene rings is 1. The first-order valence-corrected chi connectivity index (χ1v) is 8.52. The van der Waals surface area contributed by atoms with Gasteiger partial charge in [-0.1, -0.05) is 29.7 Å². The summed E-state index contributed by atoms with van der Waals surface area (Å²) < 4.78 is 0. The van der Waals surface area contributed by atoms with Gasteiger partial charge in [-0.3, -0.25) is 19.8 Å². The number of nitrogens with one attached hydrogen (secondary N) is 4. The van der Waals surface area contributed by atoms with Crippen molar-refractivity contribution in [1.29, 1.82) is 5.41 Å². The lowest BCUT2D eigenvalue weighted by atomic mass is 9.94. The summed E-state index contributed by atoms with van der Waals surface area (Å²) in [7, 11) is 1.96. The van der Waals surface area contributed by atoms with Crippen molar-refractivity contribution in [3.63, 3.8) is 0 Å². The van der Waals surface area contributed by atoms with E-state index in [2.05, 4.69) is 16.0 Å². The molecule has 0 saturated heterocycles. The highest BCUT2D eigenvalue weighted by Gasteiger charge is 2.16. The van der Waals surface area contributed by atoms with Gasteiger partial charge >= 0.3 is 11.8 Å². The number of amides is 3. The van der Waals surface area contributed by atoms with E-state index < -0.39 is 17.7 Å². The number of nitrogens with two attached hydrogens (primary N) is 1. The number of amidine groups is 1. The van der Waals surface area contributed by atoms with Gasteiger partial charge < -0.3 is 21.7 Å². The largest absolute Gasteiger partial charge is 0.383 e. The van der Waals surface area contributed by atoms with Gasteiger partial charge in [-0.15, -0.1) is 11.3 Å². The molecule has 0 spiro atoms. The summed E-state index contributed by atoms with van der Waals surface area (Å²) >= 11 is 1.08. The number of carbonyl (C=O) groups is 3. The third kappa shape index (κ3) is 5.74. The zero-order chi connectivity index (χ0) is 19.1. The van der Waals surface area contributed by atoms with Crippen molar-refractivity contribution in [2.45, 2.75) is 6.54 Å². The van der Waals surface area contributed by atoms with E-state index in [1.165, 1.54) is 0 Å². The summed E-state index contributed by atoms with van der Waals surface area (Å²) in [5.74, 6) is -2.34. The van der Waals surface area contributed by atoms with Crippen LogP contribution >= 0.6 is 11.3 Å². The molecule has 0 aliphatic heterocycles. The molecule has 2 rings (SSSR count). The maximum Gasteiger partial charge on any atom is 0.314 e. The molecule has 134 valence electrons. The van der Waals surface area contributed by atoms with Crippen LogP contribution in [0.4, 0.5) is 5.00 Å². The molecule has 26 heavy (non-hydrogen) atoms. The van der Waals surface area contributed by atoms with Gasteiger partial charge in [-0.25, -0.2) is 0 Å². The highest BCUT2D eigenvalue weighted by molar-refractivity contribution is 7.18. The molecule has 1 heterocycles. The topological polar surface area (TPSA) is 137 Å². The molecule has 0 aliphatic rings. The Morgan fingerprint density at radius 3 is 2.54 bits per heavy atom. The monoisotopic (exact) mass is 371 g/mol. The molecule has 1 aromatic carbocycles. The molecule has 8 nitrogen and oxygen atoms in total. The molecule has 3 amide bonds. The minimum absolute atomic E-state index is 0.120. The lowest BCUT2D eigenvalue weighted by Crippen LogP contribution is -2.41. The normalized spacial score (nSPS) is 10.0. The molecular weight excluding hydrogens is 353 g/mol. The number of hydrogen-bond acceptors (Lipinski definition) is 5. The maximum absolute atomic E-state index is 11.8. The first-order valence-electron chi connectivity index (χ1n) is 7.71. The lowest BCUT2D eigenvalue weighted by molar-refractivity contribution is -0.136. The first kappa shape index (κ1) is 19.2. The van der Waals surface area contributed by atoms with E-state index in [-0.39, 0.29) is 12.4 Å². The van der Waals surface area contributed by atoms with Crippen LogP contribution in [0.15, 0.2) is 36.4 Å². The van der Waals surface area contributed by atoms with Gasteiger partial charge in [0.25, 0.3) is 0 Å². The van der Waals surface area contributed by atoms with Gasteiger partial charge in [-0.2, -0.15) is 0 Å². The molecule has 0 bridgehead atoms. The van der Waals surface area contributed by atoms with Crippen molar-refractivity contribution in [1.82, 2.24) is 10.6 Å². The van der Waals surface area contributed by atoms with Crippen LogP contribution in [0.25, 0.3) is 0 Å². The predicted octanol–water partition coefficient (Wildman–Crippen LogP) is -1.34. The van der Waals surface area contributed by atoms with Crippen LogP contribution in [-0.4, -0.2) is 37.9 Å². The van der Waals surface area contributed by atoms with Crippen molar-refractivity contribution >= 4 is 53.2 Å². The summed E-state index contributed by atoms with van der Waals surface area (Å²) in [6.07, 6.45) is 0. The summed E-state index contributed by atoms with van der Waals surface area (Å²) in [6.45, 7) is 0.0345. The fourth-order valence-electron chi connectivity index (χ4n) is 2.04. The highest BCUT2D eigenvalue weighted by atomic mass is 32.1. The Morgan fingerprint density at radius 1 is 1.12 bits per heavy atom. The smallest absolute Gasteiger partial charge is 0.314 e. The third-order valence-corrected chi connectivity index (χ3v) is 4.33. The molecular formula is C16H18BN5O3S. The quantitative estimate of drug-likeness (QED) is 0.186. The summed E-state index contributed by atoms with van der Waals surface area (Å²) in [5.41, 5.74) is 7.37. The molecule has 2 aromatic rings. The molecule has 10 heteroatoms. The minimum Gasteiger partial charge on any atom is -0.383 e. The molecule has 0 fully saturated rings. The number of rotatable bonds is 6. The van der Waals surface area contributed by atoms with E-state index in [4.69, 9.17) is 11.1 Å². The Labute approximate surface area is 155 Å². The summed E-state index contributed by atoms with van der Waals surface area (Å²) in [5, 5.41) is 15.0. The number of carbonyl (C=O) groups excluding carboxylic acids is 3. The van der Waals surface area contributed by atoms with Crippen molar-refractivity contribution in [2.75, 3.05) is 11.9 Å². The average molecular weight is 371 g/mol. The number of hydrogen-bond donors (Lipinski definition) is 5. The second-order valence-corrected chi connectivity index (χ2v) is 6.56. The highest BCUT2D eigenvalue weighted by Crippen LogP contribution is 2.21. The first-order chi connectivity index (χ1) is 12.3. The van der Waals surface area contributed by atoms with Crippen molar-refractivity contribution < 1.29 is 14.4 Å². The van der Waals surface area contributed by atoms with Crippen LogP contribution in [0.3, 0.4) is 0 Å². The van der Waals surface area contributed by atoms with Crippen LogP contribution in [0, 0.1) is 5.41 Å². The van der Waals surface area contributed by atoms with E-state index in [0.717, 1.165) is 22.4 Å². The number of anilines is 1. The summed E-state index contributed by atoms with van der Waals surface area (Å²) in [4.78, 5) is 35.8. The van der Waals surface area contributed by atoms with Crippen LogP contribution in [0.1, 0.15) is 10.4 Å². The second-order valence-electron chi connectivity index (χ2n) is 5.48. The third-order valence-electron chi connectivity index (χ3n) is 3.30. The van der Waals surface area contributed by atoms with Crippen LogP contribution in [0.2, 0.25) is 0 Å². The fourth-order valence-corrected chi connectivity index (χ4v) is 2.81. The van der Waals surface area contributed by atoms with E-state index in [9.17, 15) is 14.4 Å². The van der Waals surface area contributed by atoms with Gasteiger partial charge in [0.2, 0.25) is 5.91 Å². The van der Waals surface area contributed by atoms with E-state index in [1.807, 2.05) is 32.1 Å². The Hall–Kier alpha value is -3.14. The minimum atomic E-state index is -0.923. The summed E-state index contributed by atoms with van der Waals surface area (Å²) in [6, 6.07) is 10.8. The zero-order valence-electron chi connectivity index (χ0n) is 14.1. The van der Waals surface area contributed by atoms with Crippen LogP contribution in [0.5, 0.6) is 0 Å². The Balaban J connectivity index is 1.75. The van der Waals surface area contributed by atoms with Gasteiger partial charge in [0.1, 0.15) is 13.7 Å². The Bertz CT molecular complexity index is 852. The molecule has 1 aromatic heterocycles. The molecule has 0 unspecified atom stereocenters. The van der Waals surface area contributed by atoms with E-state index >= 15 is 0 Å². The fraction of sp³-hybridized carbons (Fsp3) is 0.125. The van der Waals surface area contributed by atoms with Gasteiger partial charge in [0.15, 0.2) is 0 Å². The van der Waals surface area contributed by atoms with Crippen molar-refractivity contribution in [3.05, 3.63) is 46.8 Å². The van der Waals surface area contributed by atoms with Crippen molar-refractivity contribution in [2.24, 2.45) is 5.73 Å². The van der Waals surface area contributed by atoms with Crippen molar-refractivity contribution in [3.8, 4) is 0 Å². The Morgan fingerprint density at radius 2 is 1.88 bits per heavy atom. The molecule has 0 radical (unpaired) electrons. The average Bonchev–Trinajstić information content (AvgIpc) is 3.06. The second kappa shape index (κ2) is 8.81. The van der Waals surface area contributed by atoms with E-state index in [0.29, 0.717) is 16.4 Å². The maximum atomic E-state index is 11.8. The van der Waals surface area contributed by atoms with Crippen LogP contribution in [-0.2, 0) is 20.9 Å². The SMILES string of the molecule is Bc1cccc(CNC(=O)CNC(=O)C(=O)Nc2ccc(C(=N)N)s2)c1. The van der Waals surface area contributed by atoms with E-state index in [1.54, 1.807) is 12.1 Å². The van der Waals surface area contributed by atoms with Gasteiger partial charge in [0, 0.05) is 6.54 Å². The standard InChI is InChI=1S/C16H18BN5O3S/c17-10-3-1-2-9(6-10)7-20-12(23)8-21-15(24)16(25)22-13-5-4-11(26-13)14(18)19/h1-6H,7-8,17H2,(H3,18,19)(H,20,23)(H,21,24)(H,22,25). The predicted molar refractivity (Wildman–Crippen MR) is 103 cm³/mol. The number of thiophene rings is 1. The van der Waals surface area contributed by atoms with Gasteiger partial charge in [0.05, 0.1) is 16.4 Å². The zero-order valence-corrected chi connectivity index (χ0v) is 14.9. The molecule has 0 atom stereocenters. The van der Waals surface area contributed by atoms with Gasteiger partial charge in [-0.05, 0) is 17.7 Å². The molecule has 0 saturated carbocycles. The lowest BCUT2D eigenvalue weighted by Gasteiger charge is -2.07. The van der Waals surface area contributed by atoms with Crippen LogP contribution < -0.4 is 27.1 Å². The molecule has 0 aliphatic carbocycles. The Kier molecular flexibility index (Phi) is 6.51.